The molecule has 0 saturated heterocycles. The van der Waals surface area contributed by atoms with Gasteiger partial charge in [0, 0.05) is 0 Å². The van der Waals surface area contributed by atoms with E-state index >= 15 is 0 Å². The summed E-state index contributed by atoms with van der Waals surface area (Å²) in [6, 6.07) is 0. The minimum Gasteiger partial charge on any atom is -0.387 e. The van der Waals surface area contributed by atoms with Crippen molar-refractivity contribution >= 4 is 15.6 Å². The summed E-state index contributed by atoms with van der Waals surface area (Å²) in [6.45, 7) is 7.24. The lowest BCUT2D eigenvalue weighted by Gasteiger charge is -2.26. The molecule has 16 heavy (non-hydrogen) atoms. The maximum atomic E-state index is 11.3. The van der Waals surface area contributed by atoms with Gasteiger partial charge < -0.3 is 19.5 Å². The zero-order valence-corrected chi connectivity index (χ0v) is 11.1. The van der Waals surface area contributed by atoms with Gasteiger partial charge >= 0.3 is 0 Å². The highest BCUT2D eigenvalue weighted by molar-refractivity contribution is 7.44. The lowest BCUT2D eigenvalue weighted by molar-refractivity contribution is -0.0853. The van der Waals surface area contributed by atoms with E-state index in [1.165, 1.54) is 0 Å². The molecule has 0 bridgehead atoms. The van der Waals surface area contributed by atoms with E-state index in [4.69, 9.17) is 4.74 Å². The van der Waals surface area contributed by atoms with Gasteiger partial charge in [0.2, 0.25) is 0 Å². The fourth-order valence-electron chi connectivity index (χ4n) is 1.87. The van der Waals surface area contributed by atoms with Crippen LogP contribution < -0.4 is 0 Å². The topological polar surface area (TPSA) is 66.8 Å². The molecule has 6 heteroatoms. The van der Waals surface area contributed by atoms with Crippen molar-refractivity contribution in [2.75, 3.05) is 12.5 Å². The molecule has 1 aliphatic carbocycles. The second kappa shape index (κ2) is 5.05. The van der Waals surface area contributed by atoms with E-state index in [0.717, 1.165) is 0 Å². The molecule has 0 amide bonds. The van der Waals surface area contributed by atoms with E-state index < -0.39 is 25.6 Å². The van der Waals surface area contributed by atoms with Crippen LogP contribution in [0, 0.1) is 0 Å². The average molecular weight is 246 g/mol. The summed E-state index contributed by atoms with van der Waals surface area (Å²) < 4.78 is 16.7. The fraction of sp³-hybridized carbons (Fsp3) is 0.800. The largest absolute Gasteiger partial charge is 0.387 e. The number of ether oxygens (including phenoxy) is 1. The minimum atomic E-state index is -1.72. The maximum absolute atomic E-state index is 11.3. The molecule has 0 aliphatic heterocycles. The Labute approximate surface area is 97.9 Å². The molecule has 0 heterocycles. The summed E-state index contributed by atoms with van der Waals surface area (Å²) >= 11 is 0. The van der Waals surface area contributed by atoms with Crippen molar-refractivity contribution in [2.24, 2.45) is 0 Å². The smallest absolute Gasteiger partial charge is 0.114 e. The molecule has 2 N–H and O–H groups in total. The van der Waals surface area contributed by atoms with Gasteiger partial charge in [0.25, 0.3) is 0 Å². The van der Waals surface area contributed by atoms with Gasteiger partial charge in [0.1, 0.15) is 27.9 Å². The van der Waals surface area contributed by atoms with Gasteiger partial charge in [-0.15, -0.1) is 0 Å². The molecule has 5 atom stereocenters. The summed E-state index contributed by atoms with van der Waals surface area (Å²) in [6.07, 6.45) is -0.872. The molecular formula is C10H20BO4P. The van der Waals surface area contributed by atoms with Crippen molar-refractivity contribution in [1.82, 2.24) is 0 Å². The predicted molar refractivity (Wildman–Crippen MR) is 67.3 cm³/mol. The normalized spacial score (nSPS) is 41.2. The van der Waals surface area contributed by atoms with Crippen LogP contribution in [0.2, 0.25) is 5.82 Å². The van der Waals surface area contributed by atoms with Crippen LogP contribution in [-0.4, -0.2) is 48.4 Å². The van der Waals surface area contributed by atoms with Crippen molar-refractivity contribution in [3.63, 3.8) is 0 Å². The Morgan fingerprint density at radius 1 is 1.69 bits per heavy atom. The number of aliphatic hydroxyl groups is 2. The van der Waals surface area contributed by atoms with Crippen molar-refractivity contribution < 1.29 is 19.5 Å². The Balaban J connectivity index is 2.68. The fourth-order valence-corrected chi connectivity index (χ4v) is 2.44. The zero-order valence-electron chi connectivity index (χ0n) is 10.1. The van der Waals surface area contributed by atoms with Gasteiger partial charge in [0.15, 0.2) is 0 Å². The molecule has 0 aromatic carbocycles. The van der Waals surface area contributed by atoms with Gasteiger partial charge in [0.05, 0.1) is 11.9 Å². The highest BCUT2D eigenvalue weighted by Gasteiger charge is 2.51. The number of hydrogen-bond donors (Lipinski definition) is 2. The standard InChI is InChI=1S/C10H20BO4P/c1-4-16(14)5-15-7-6(2)8(11)10(3,13)9(7)12/h7-9,12-13,16H,2,4-5,11H2,1,3H3. The molecule has 0 radical (unpaired) electrons. The molecule has 1 rings (SSSR count). The molecule has 4 nitrogen and oxygen atoms in total. The van der Waals surface area contributed by atoms with Crippen molar-refractivity contribution in [2.45, 2.75) is 37.5 Å². The average Bonchev–Trinajstić information content (AvgIpc) is 2.39. The molecule has 5 unspecified atom stereocenters. The zero-order chi connectivity index (χ0) is 12.5. The molecule has 0 spiro atoms. The predicted octanol–water partition coefficient (Wildman–Crippen LogP) is 0.0120. The van der Waals surface area contributed by atoms with Crippen molar-refractivity contribution in [3.8, 4) is 0 Å². The second-order valence-corrected chi connectivity index (χ2v) is 6.66. The highest BCUT2D eigenvalue weighted by atomic mass is 31.1. The third kappa shape index (κ3) is 2.43. The maximum Gasteiger partial charge on any atom is 0.114 e. The monoisotopic (exact) mass is 246 g/mol. The first-order valence-electron chi connectivity index (χ1n) is 5.54. The summed E-state index contributed by atoms with van der Waals surface area (Å²) in [5.74, 6) is -0.226. The van der Waals surface area contributed by atoms with Crippen LogP contribution in [0.15, 0.2) is 12.2 Å². The molecule has 1 fully saturated rings. The van der Waals surface area contributed by atoms with Crippen LogP contribution in [0.25, 0.3) is 0 Å². The van der Waals surface area contributed by atoms with Gasteiger partial charge in [-0.05, 0) is 24.5 Å². The van der Waals surface area contributed by atoms with E-state index in [0.29, 0.717) is 11.7 Å². The van der Waals surface area contributed by atoms with E-state index in [1.54, 1.807) is 14.8 Å². The third-order valence-corrected chi connectivity index (χ3v) is 4.78. The van der Waals surface area contributed by atoms with Crippen LogP contribution in [-0.2, 0) is 9.30 Å². The van der Waals surface area contributed by atoms with Gasteiger partial charge in [-0.25, -0.2) is 0 Å². The lowest BCUT2D eigenvalue weighted by atomic mass is 9.74. The van der Waals surface area contributed by atoms with Crippen LogP contribution in [0.4, 0.5) is 0 Å². The van der Waals surface area contributed by atoms with Crippen LogP contribution in [0.3, 0.4) is 0 Å². The first-order valence-corrected chi connectivity index (χ1v) is 7.37. The summed E-state index contributed by atoms with van der Waals surface area (Å²) in [7, 11) is 0.0807. The summed E-state index contributed by atoms with van der Waals surface area (Å²) in [5.41, 5.74) is -0.549. The number of hydrogen-bond acceptors (Lipinski definition) is 4. The summed E-state index contributed by atoms with van der Waals surface area (Å²) in [5, 5.41) is 20.0. The van der Waals surface area contributed by atoms with E-state index in [-0.39, 0.29) is 12.2 Å². The quantitative estimate of drug-likeness (QED) is 0.416. The van der Waals surface area contributed by atoms with Gasteiger partial charge in [-0.1, -0.05) is 13.5 Å². The molecule has 1 saturated carbocycles. The van der Waals surface area contributed by atoms with Gasteiger partial charge in [-0.2, -0.15) is 0 Å². The lowest BCUT2D eigenvalue weighted by Crippen LogP contribution is -2.42. The Hall–Kier alpha value is -0.0851. The van der Waals surface area contributed by atoms with Crippen LogP contribution in [0.5, 0.6) is 0 Å². The highest BCUT2D eigenvalue weighted by Crippen LogP contribution is 2.43. The van der Waals surface area contributed by atoms with Gasteiger partial charge in [-0.3, -0.25) is 0 Å². The molecule has 92 valence electrons. The van der Waals surface area contributed by atoms with E-state index in [2.05, 4.69) is 6.58 Å². The summed E-state index contributed by atoms with van der Waals surface area (Å²) in [4.78, 5) is 0. The van der Waals surface area contributed by atoms with E-state index in [1.807, 2.05) is 6.92 Å². The van der Waals surface area contributed by atoms with Crippen LogP contribution in [0.1, 0.15) is 13.8 Å². The number of aliphatic hydroxyl groups excluding tert-OH is 1. The third-order valence-electron chi connectivity index (χ3n) is 3.50. The molecular weight excluding hydrogens is 226 g/mol. The Kier molecular flexibility index (Phi) is 4.41. The van der Waals surface area contributed by atoms with Crippen molar-refractivity contribution in [1.29, 1.82) is 0 Å². The first kappa shape index (κ1) is 14.0. The SMILES string of the molecule is BC1C(=C)C(OC[PH](=O)CC)C(O)C1(C)O. The molecule has 1 aliphatic rings. The van der Waals surface area contributed by atoms with Crippen molar-refractivity contribution in [3.05, 3.63) is 12.2 Å². The molecule has 0 aromatic rings. The first-order chi connectivity index (χ1) is 7.32. The molecule has 0 aromatic heterocycles. The Morgan fingerprint density at radius 3 is 2.62 bits per heavy atom. The Bertz CT molecular complexity index is 305. The minimum absolute atomic E-state index is 0.144. The second-order valence-electron chi connectivity index (χ2n) is 4.59. The number of rotatable bonds is 4. The van der Waals surface area contributed by atoms with E-state index in [9.17, 15) is 14.8 Å². The Morgan fingerprint density at radius 2 is 2.25 bits per heavy atom. The van der Waals surface area contributed by atoms with Crippen LogP contribution >= 0.6 is 7.80 Å².